The summed E-state index contributed by atoms with van der Waals surface area (Å²) in [5.74, 6) is 1.22. The van der Waals surface area contributed by atoms with Crippen LogP contribution in [-0.2, 0) is 20.9 Å². The number of aromatic amines is 1. The fourth-order valence-electron chi connectivity index (χ4n) is 2.82. The van der Waals surface area contributed by atoms with Crippen LogP contribution in [-0.4, -0.2) is 52.3 Å². The summed E-state index contributed by atoms with van der Waals surface area (Å²) >= 11 is 0. The zero-order valence-corrected chi connectivity index (χ0v) is 14.6. The van der Waals surface area contributed by atoms with Gasteiger partial charge in [0.15, 0.2) is 5.82 Å². The molecule has 0 radical (unpaired) electrons. The maximum atomic E-state index is 12.7. The zero-order valence-electron chi connectivity index (χ0n) is 14.6. The van der Waals surface area contributed by atoms with Gasteiger partial charge in [-0.2, -0.15) is 5.10 Å². The molecule has 1 fully saturated rings. The van der Waals surface area contributed by atoms with Gasteiger partial charge in [-0.3, -0.25) is 9.89 Å². The number of nitrogens with one attached hydrogen (secondary N) is 1. The lowest BCUT2D eigenvalue weighted by Gasteiger charge is -2.33. The lowest BCUT2D eigenvalue weighted by atomic mass is 10.1. The minimum absolute atomic E-state index is 0.0774. The number of amides is 1. The van der Waals surface area contributed by atoms with Crippen LogP contribution in [0.2, 0.25) is 0 Å². The highest BCUT2D eigenvalue weighted by atomic mass is 16.5. The average Bonchev–Trinajstić information content (AvgIpc) is 3.08. The third kappa shape index (κ3) is 4.64. The Kier molecular flexibility index (Phi) is 5.78. The molecular formula is C18H24N4O3. The SMILES string of the molecule is Cc1nc([C@@H]2CN(C(=O)[C@@H](C)COCc3ccccc3)CCO2)n[nH]1. The predicted octanol–water partition coefficient (Wildman–Crippen LogP) is 1.87. The number of H-pyrrole nitrogens is 1. The molecule has 0 bridgehead atoms. The molecule has 1 amide bonds. The monoisotopic (exact) mass is 344 g/mol. The molecular weight excluding hydrogens is 320 g/mol. The standard InChI is InChI=1S/C18H24N4O3/c1-13(11-24-12-15-6-4-3-5-7-15)18(23)22-8-9-25-16(10-22)17-19-14(2)20-21-17/h3-7,13,16H,8-12H2,1-2H3,(H,19,20,21)/t13-,16-/m0/s1. The van der Waals surface area contributed by atoms with Crippen LogP contribution < -0.4 is 0 Å². The fraction of sp³-hybridized carbons (Fsp3) is 0.500. The van der Waals surface area contributed by atoms with E-state index in [0.29, 0.717) is 38.7 Å². The van der Waals surface area contributed by atoms with Gasteiger partial charge in [0.05, 0.1) is 32.3 Å². The first-order valence-corrected chi connectivity index (χ1v) is 8.54. The number of aromatic nitrogens is 3. The number of ether oxygens (including phenoxy) is 2. The Morgan fingerprint density at radius 3 is 2.96 bits per heavy atom. The number of benzene rings is 1. The molecule has 1 aromatic carbocycles. The van der Waals surface area contributed by atoms with Crippen molar-refractivity contribution in [2.75, 3.05) is 26.3 Å². The number of hydrogen-bond acceptors (Lipinski definition) is 5. The summed E-state index contributed by atoms with van der Waals surface area (Å²) < 4.78 is 11.4. The number of carbonyl (C=O) groups is 1. The molecule has 1 aromatic heterocycles. The van der Waals surface area contributed by atoms with Crippen molar-refractivity contribution in [2.24, 2.45) is 5.92 Å². The zero-order chi connectivity index (χ0) is 17.6. The average molecular weight is 344 g/mol. The Morgan fingerprint density at radius 1 is 1.44 bits per heavy atom. The maximum absolute atomic E-state index is 12.7. The van der Waals surface area contributed by atoms with Gasteiger partial charge < -0.3 is 14.4 Å². The third-order valence-electron chi connectivity index (χ3n) is 4.18. The Balaban J connectivity index is 1.49. The van der Waals surface area contributed by atoms with E-state index in [-0.39, 0.29) is 17.9 Å². The summed E-state index contributed by atoms with van der Waals surface area (Å²) in [5.41, 5.74) is 1.11. The van der Waals surface area contributed by atoms with Gasteiger partial charge in [-0.25, -0.2) is 4.98 Å². The van der Waals surface area contributed by atoms with Crippen molar-refractivity contribution in [2.45, 2.75) is 26.6 Å². The molecule has 1 saturated heterocycles. The highest BCUT2D eigenvalue weighted by Crippen LogP contribution is 2.20. The third-order valence-corrected chi connectivity index (χ3v) is 4.18. The molecule has 1 N–H and O–H groups in total. The molecule has 7 nitrogen and oxygen atoms in total. The molecule has 7 heteroatoms. The molecule has 2 aromatic rings. The summed E-state index contributed by atoms with van der Waals surface area (Å²) in [6.07, 6.45) is -0.278. The lowest BCUT2D eigenvalue weighted by molar-refractivity contribution is -0.145. The second kappa shape index (κ2) is 8.22. The molecule has 1 aliphatic heterocycles. The molecule has 2 heterocycles. The molecule has 0 unspecified atom stereocenters. The van der Waals surface area contributed by atoms with E-state index in [1.807, 2.05) is 49.1 Å². The summed E-state index contributed by atoms with van der Waals surface area (Å²) in [5, 5.41) is 6.95. The van der Waals surface area contributed by atoms with Crippen LogP contribution >= 0.6 is 0 Å². The highest BCUT2D eigenvalue weighted by molar-refractivity contribution is 5.78. The van der Waals surface area contributed by atoms with Crippen LogP contribution in [0, 0.1) is 12.8 Å². The van der Waals surface area contributed by atoms with E-state index in [0.717, 1.165) is 11.4 Å². The molecule has 2 atom stereocenters. The molecule has 25 heavy (non-hydrogen) atoms. The first-order chi connectivity index (χ1) is 12.1. The molecule has 1 aliphatic rings. The Bertz CT molecular complexity index is 689. The van der Waals surface area contributed by atoms with E-state index in [2.05, 4.69) is 15.2 Å². The fourth-order valence-corrected chi connectivity index (χ4v) is 2.82. The topological polar surface area (TPSA) is 80.3 Å². The largest absolute Gasteiger partial charge is 0.376 e. The van der Waals surface area contributed by atoms with E-state index in [9.17, 15) is 4.79 Å². The predicted molar refractivity (Wildman–Crippen MR) is 91.7 cm³/mol. The molecule has 3 rings (SSSR count). The van der Waals surface area contributed by atoms with Crippen LogP contribution in [0.3, 0.4) is 0 Å². The van der Waals surface area contributed by atoms with Gasteiger partial charge >= 0.3 is 0 Å². The van der Waals surface area contributed by atoms with Crippen LogP contribution in [0.4, 0.5) is 0 Å². The van der Waals surface area contributed by atoms with Gasteiger partial charge in [0, 0.05) is 6.54 Å². The Hall–Kier alpha value is -2.25. The van der Waals surface area contributed by atoms with E-state index in [4.69, 9.17) is 9.47 Å². The van der Waals surface area contributed by atoms with Gasteiger partial charge in [0.2, 0.25) is 5.91 Å². The lowest BCUT2D eigenvalue weighted by Crippen LogP contribution is -2.45. The molecule has 0 aliphatic carbocycles. The van der Waals surface area contributed by atoms with E-state index in [1.54, 1.807) is 0 Å². The van der Waals surface area contributed by atoms with Crippen molar-refractivity contribution in [1.29, 1.82) is 0 Å². The van der Waals surface area contributed by atoms with E-state index in [1.165, 1.54) is 0 Å². The van der Waals surface area contributed by atoms with Crippen LogP contribution in [0.5, 0.6) is 0 Å². The van der Waals surface area contributed by atoms with Crippen molar-refractivity contribution in [3.8, 4) is 0 Å². The number of morpholine rings is 1. The minimum Gasteiger partial charge on any atom is -0.376 e. The van der Waals surface area contributed by atoms with Gasteiger partial charge in [-0.1, -0.05) is 37.3 Å². The number of rotatable bonds is 6. The number of hydrogen-bond donors (Lipinski definition) is 1. The minimum atomic E-state index is -0.278. The summed E-state index contributed by atoms with van der Waals surface area (Å²) in [6, 6.07) is 9.95. The second-order valence-electron chi connectivity index (χ2n) is 6.32. The second-order valence-corrected chi connectivity index (χ2v) is 6.32. The first kappa shape index (κ1) is 17.6. The van der Waals surface area contributed by atoms with Crippen molar-refractivity contribution in [3.05, 3.63) is 47.5 Å². The number of carbonyl (C=O) groups excluding carboxylic acids is 1. The van der Waals surface area contributed by atoms with Crippen molar-refractivity contribution in [1.82, 2.24) is 20.1 Å². The Labute approximate surface area is 147 Å². The molecule has 134 valence electrons. The quantitative estimate of drug-likeness (QED) is 0.865. The van der Waals surface area contributed by atoms with E-state index >= 15 is 0 Å². The highest BCUT2D eigenvalue weighted by Gasteiger charge is 2.30. The van der Waals surface area contributed by atoms with Gasteiger partial charge in [0.25, 0.3) is 0 Å². The molecule has 0 saturated carbocycles. The number of nitrogens with zero attached hydrogens (tertiary/aromatic N) is 3. The van der Waals surface area contributed by atoms with Crippen molar-refractivity contribution in [3.63, 3.8) is 0 Å². The Morgan fingerprint density at radius 2 is 2.24 bits per heavy atom. The number of aryl methyl sites for hydroxylation is 1. The van der Waals surface area contributed by atoms with Crippen LogP contribution in [0.25, 0.3) is 0 Å². The molecule has 0 spiro atoms. The summed E-state index contributed by atoms with van der Waals surface area (Å²) in [7, 11) is 0. The van der Waals surface area contributed by atoms with Crippen molar-refractivity contribution >= 4 is 5.91 Å². The summed E-state index contributed by atoms with van der Waals surface area (Å²) in [4.78, 5) is 18.8. The first-order valence-electron chi connectivity index (χ1n) is 8.54. The maximum Gasteiger partial charge on any atom is 0.227 e. The van der Waals surface area contributed by atoms with Gasteiger partial charge in [-0.05, 0) is 12.5 Å². The van der Waals surface area contributed by atoms with E-state index < -0.39 is 0 Å². The van der Waals surface area contributed by atoms with Crippen LogP contribution in [0.1, 0.15) is 30.2 Å². The van der Waals surface area contributed by atoms with Crippen LogP contribution in [0.15, 0.2) is 30.3 Å². The normalized spacial score (nSPS) is 19.0. The van der Waals surface area contributed by atoms with Gasteiger partial charge in [0.1, 0.15) is 11.9 Å². The smallest absolute Gasteiger partial charge is 0.227 e. The summed E-state index contributed by atoms with van der Waals surface area (Å²) in [6.45, 7) is 6.20. The van der Waals surface area contributed by atoms with Crippen molar-refractivity contribution < 1.29 is 14.3 Å². The van der Waals surface area contributed by atoms with Gasteiger partial charge in [-0.15, -0.1) is 0 Å².